The lowest BCUT2D eigenvalue weighted by Crippen LogP contribution is -2.11. The summed E-state index contributed by atoms with van der Waals surface area (Å²) in [5.41, 5.74) is 14.7. The molecule has 0 aliphatic carbocycles. The van der Waals surface area contributed by atoms with Gasteiger partial charge in [-0.15, -0.1) is 0 Å². The van der Waals surface area contributed by atoms with E-state index >= 15 is 0 Å². The first kappa shape index (κ1) is 13.9. The molecule has 110 valence electrons. The minimum atomic E-state index is -0.643. The number of hydrogen-bond donors (Lipinski definition) is 2. The van der Waals surface area contributed by atoms with Crippen LogP contribution >= 0.6 is 0 Å². The third-order valence-corrected chi connectivity index (χ3v) is 3.55. The number of cyclic esters (lactones) is 2. The van der Waals surface area contributed by atoms with Gasteiger partial charge in [-0.05, 0) is 35.4 Å². The molecule has 0 amide bonds. The van der Waals surface area contributed by atoms with Gasteiger partial charge >= 0.3 is 11.9 Å². The molecule has 0 atom stereocenters. The largest absolute Gasteiger partial charge is 0.399 e. The monoisotopic (exact) mass is 294 g/mol. The van der Waals surface area contributed by atoms with E-state index < -0.39 is 17.9 Å². The Labute approximate surface area is 127 Å². The zero-order chi connectivity index (χ0) is 15.7. The van der Waals surface area contributed by atoms with Gasteiger partial charge in [-0.3, -0.25) is 0 Å². The average Bonchev–Trinajstić information content (AvgIpc) is 2.82. The Hall–Kier alpha value is -3.08. The third kappa shape index (κ3) is 2.56. The summed E-state index contributed by atoms with van der Waals surface area (Å²) in [4.78, 5) is 23.3. The summed E-state index contributed by atoms with van der Waals surface area (Å²) in [6.07, 6.45) is 1.24. The van der Waals surface area contributed by atoms with E-state index in [0.29, 0.717) is 16.9 Å². The molecule has 0 spiro atoms. The second-order valence-corrected chi connectivity index (χ2v) is 5.07. The number of hydrogen-bond acceptors (Lipinski definition) is 5. The van der Waals surface area contributed by atoms with E-state index in [-0.39, 0.29) is 0 Å². The van der Waals surface area contributed by atoms with E-state index in [1.165, 1.54) is 6.08 Å². The SMILES string of the molecule is Nc1ccc(C(C2=CC(=O)OC2=O)c2ccc(N)cc2)cc1. The van der Waals surface area contributed by atoms with E-state index in [0.717, 1.165) is 11.1 Å². The molecule has 1 heterocycles. The number of nitrogen functional groups attached to an aromatic ring is 2. The van der Waals surface area contributed by atoms with Crippen LogP contribution in [-0.4, -0.2) is 11.9 Å². The van der Waals surface area contributed by atoms with Crippen LogP contribution in [0.5, 0.6) is 0 Å². The van der Waals surface area contributed by atoms with Gasteiger partial charge in [0.15, 0.2) is 0 Å². The molecule has 2 aromatic carbocycles. The highest BCUT2D eigenvalue weighted by molar-refractivity contribution is 6.10. The van der Waals surface area contributed by atoms with Gasteiger partial charge in [0.2, 0.25) is 0 Å². The van der Waals surface area contributed by atoms with Gasteiger partial charge < -0.3 is 16.2 Å². The van der Waals surface area contributed by atoms with Gasteiger partial charge in [-0.1, -0.05) is 24.3 Å². The van der Waals surface area contributed by atoms with Crippen LogP contribution in [0.1, 0.15) is 17.0 Å². The fourth-order valence-electron chi connectivity index (χ4n) is 2.50. The molecule has 5 nitrogen and oxygen atoms in total. The highest BCUT2D eigenvalue weighted by Crippen LogP contribution is 2.35. The molecule has 22 heavy (non-hydrogen) atoms. The van der Waals surface area contributed by atoms with Crippen LogP contribution in [0.4, 0.5) is 11.4 Å². The molecule has 0 unspecified atom stereocenters. The molecule has 0 saturated carbocycles. The minimum absolute atomic E-state index is 0.305. The number of carbonyl (C=O) groups is 2. The molecular formula is C17H14N2O3. The summed E-state index contributed by atoms with van der Waals surface area (Å²) in [7, 11) is 0. The van der Waals surface area contributed by atoms with Crippen LogP contribution in [0.15, 0.2) is 60.2 Å². The van der Waals surface area contributed by atoms with Crippen LogP contribution in [0, 0.1) is 0 Å². The van der Waals surface area contributed by atoms with Gasteiger partial charge in [0.1, 0.15) is 0 Å². The standard InChI is InChI=1S/C17H14N2O3/c18-12-5-1-10(2-6-12)16(11-3-7-13(19)8-4-11)14-9-15(20)22-17(14)21/h1-9,16H,18-19H2. The third-order valence-electron chi connectivity index (χ3n) is 3.55. The Kier molecular flexibility index (Phi) is 3.39. The first-order valence-electron chi connectivity index (χ1n) is 6.73. The predicted molar refractivity (Wildman–Crippen MR) is 82.7 cm³/mol. The van der Waals surface area contributed by atoms with Crippen molar-refractivity contribution in [3.05, 3.63) is 71.3 Å². The van der Waals surface area contributed by atoms with Gasteiger partial charge in [0.05, 0.1) is 5.57 Å². The molecule has 0 radical (unpaired) electrons. The maximum absolute atomic E-state index is 11.9. The van der Waals surface area contributed by atoms with E-state index in [2.05, 4.69) is 4.74 Å². The number of nitrogens with two attached hydrogens (primary N) is 2. The highest BCUT2D eigenvalue weighted by atomic mass is 16.6. The van der Waals surface area contributed by atoms with Gasteiger partial charge in [0.25, 0.3) is 0 Å². The molecule has 1 aliphatic rings. The summed E-state index contributed by atoms with van der Waals surface area (Å²) in [5.74, 6) is -1.67. The Morgan fingerprint density at radius 3 is 1.59 bits per heavy atom. The maximum Gasteiger partial charge on any atom is 0.343 e. The summed E-state index contributed by atoms with van der Waals surface area (Å²) in [5, 5.41) is 0. The second-order valence-electron chi connectivity index (χ2n) is 5.07. The van der Waals surface area contributed by atoms with Crippen LogP contribution < -0.4 is 11.5 Å². The first-order chi connectivity index (χ1) is 10.5. The number of ether oxygens (including phenoxy) is 1. The number of carbonyl (C=O) groups excluding carboxylic acids is 2. The van der Waals surface area contributed by atoms with Crippen molar-refractivity contribution in [3.8, 4) is 0 Å². The van der Waals surface area contributed by atoms with Gasteiger partial charge in [-0.2, -0.15) is 0 Å². The summed E-state index contributed by atoms with van der Waals surface area (Å²) >= 11 is 0. The zero-order valence-electron chi connectivity index (χ0n) is 11.7. The van der Waals surface area contributed by atoms with Crippen molar-refractivity contribution in [1.82, 2.24) is 0 Å². The van der Waals surface area contributed by atoms with Gasteiger partial charge in [0, 0.05) is 23.4 Å². The minimum Gasteiger partial charge on any atom is -0.399 e. The molecule has 3 rings (SSSR count). The Morgan fingerprint density at radius 1 is 0.773 bits per heavy atom. The Morgan fingerprint density at radius 2 is 1.23 bits per heavy atom. The number of benzene rings is 2. The lowest BCUT2D eigenvalue weighted by atomic mass is 9.85. The molecule has 1 aliphatic heterocycles. The van der Waals surface area contributed by atoms with Crippen molar-refractivity contribution >= 4 is 23.3 Å². The summed E-state index contributed by atoms with van der Waals surface area (Å²) < 4.78 is 4.63. The van der Waals surface area contributed by atoms with E-state index in [4.69, 9.17) is 11.5 Å². The summed E-state index contributed by atoms with van der Waals surface area (Å²) in [6.45, 7) is 0. The van der Waals surface area contributed by atoms with Crippen molar-refractivity contribution in [2.75, 3.05) is 11.5 Å². The normalized spacial score (nSPS) is 14.1. The average molecular weight is 294 g/mol. The molecule has 4 N–H and O–H groups in total. The number of rotatable bonds is 3. The molecule has 0 saturated heterocycles. The molecule has 0 aromatic heterocycles. The smallest absolute Gasteiger partial charge is 0.343 e. The predicted octanol–water partition coefficient (Wildman–Crippen LogP) is 1.99. The van der Waals surface area contributed by atoms with E-state index in [9.17, 15) is 9.59 Å². The highest BCUT2D eigenvalue weighted by Gasteiger charge is 2.32. The zero-order valence-corrected chi connectivity index (χ0v) is 11.7. The molecule has 0 bridgehead atoms. The van der Waals surface area contributed by atoms with E-state index in [1.54, 1.807) is 24.3 Å². The van der Waals surface area contributed by atoms with Crippen LogP contribution in [-0.2, 0) is 14.3 Å². The van der Waals surface area contributed by atoms with Crippen LogP contribution in [0.25, 0.3) is 0 Å². The van der Waals surface area contributed by atoms with Crippen molar-refractivity contribution in [2.24, 2.45) is 0 Å². The fourth-order valence-corrected chi connectivity index (χ4v) is 2.50. The van der Waals surface area contributed by atoms with Crippen LogP contribution in [0.2, 0.25) is 0 Å². The molecule has 2 aromatic rings. The molecule has 5 heteroatoms. The Bertz CT molecular complexity index is 716. The lowest BCUT2D eigenvalue weighted by Gasteiger charge is -2.18. The van der Waals surface area contributed by atoms with Crippen LogP contribution in [0.3, 0.4) is 0 Å². The fraction of sp³-hybridized carbons (Fsp3) is 0.0588. The lowest BCUT2D eigenvalue weighted by molar-refractivity contribution is -0.150. The second kappa shape index (κ2) is 5.37. The van der Waals surface area contributed by atoms with Gasteiger partial charge in [-0.25, -0.2) is 9.59 Å². The summed E-state index contributed by atoms with van der Waals surface area (Å²) in [6, 6.07) is 14.3. The van der Waals surface area contributed by atoms with Crippen molar-refractivity contribution in [1.29, 1.82) is 0 Å². The Balaban J connectivity index is 2.12. The maximum atomic E-state index is 11.9. The van der Waals surface area contributed by atoms with Crippen molar-refractivity contribution < 1.29 is 14.3 Å². The molecule has 0 fully saturated rings. The number of esters is 2. The van der Waals surface area contributed by atoms with E-state index in [1.807, 2.05) is 24.3 Å². The number of anilines is 2. The quantitative estimate of drug-likeness (QED) is 0.513. The first-order valence-corrected chi connectivity index (χ1v) is 6.73. The molecular weight excluding hydrogens is 280 g/mol. The van der Waals surface area contributed by atoms with Crippen molar-refractivity contribution in [2.45, 2.75) is 5.92 Å². The van der Waals surface area contributed by atoms with Crippen molar-refractivity contribution in [3.63, 3.8) is 0 Å². The topological polar surface area (TPSA) is 95.4 Å².